The summed E-state index contributed by atoms with van der Waals surface area (Å²) in [4.78, 5) is 23.8. The van der Waals surface area contributed by atoms with Crippen LogP contribution < -0.4 is 18.9 Å². The van der Waals surface area contributed by atoms with E-state index in [2.05, 4.69) is 29.9 Å². The molecule has 0 saturated heterocycles. The summed E-state index contributed by atoms with van der Waals surface area (Å²) in [6.07, 6.45) is 3.48. The maximum absolute atomic E-state index is 12.7. The number of H-pyrrole nitrogens is 2. The monoisotopic (exact) mass is 690 g/mol. The zero-order valence-electron chi connectivity index (χ0n) is 28.1. The number of aryl methyl sites for hydroxylation is 2. The van der Waals surface area contributed by atoms with E-state index in [1.165, 1.54) is 0 Å². The number of aromatic nitrogens is 6. The van der Waals surface area contributed by atoms with Crippen molar-refractivity contribution in [3.05, 3.63) is 82.4 Å². The van der Waals surface area contributed by atoms with Crippen LogP contribution in [0.4, 0.5) is 0 Å². The highest BCUT2D eigenvalue weighted by atomic mass is 32.2. The van der Waals surface area contributed by atoms with Gasteiger partial charge in [0.2, 0.25) is 0 Å². The molecule has 4 heterocycles. The van der Waals surface area contributed by atoms with Gasteiger partial charge in [0.15, 0.2) is 10.3 Å². The molecule has 0 spiro atoms. The van der Waals surface area contributed by atoms with Gasteiger partial charge in [-0.3, -0.25) is 18.4 Å². The van der Waals surface area contributed by atoms with Crippen molar-refractivity contribution in [3.8, 4) is 23.0 Å². The van der Waals surface area contributed by atoms with Crippen molar-refractivity contribution in [2.24, 2.45) is 0 Å². The Morgan fingerprint density at radius 2 is 1.00 bits per heavy atom. The average Bonchev–Trinajstić information content (AvgIpc) is 3.72. The summed E-state index contributed by atoms with van der Waals surface area (Å²) in [5.74, 6) is 3.57. The maximum Gasteiger partial charge on any atom is 0.197 e. The van der Waals surface area contributed by atoms with E-state index in [-0.39, 0.29) is 11.5 Å². The highest BCUT2D eigenvalue weighted by Gasteiger charge is 2.18. The van der Waals surface area contributed by atoms with Crippen LogP contribution in [0.5, 0.6) is 23.0 Å². The quantitative estimate of drug-likeness (QED) is 0.180. The van der Waals surface area contributed by atoms with Gasteiger partial charge in [-0.05, 0) is 52.0 Å². The Labute approximate surface area is 283 Å². The average molecular weight is 691 g/mol. The summed E-state index contributed by atoms with van der Waals surface area (Å²) < 4.78 is 46.5. The second-order valence-corrected chi connectivity index (χ2v) is 13.7. The molecule has 0 fully saturated rings. The lowest BCUT2D eigenvalue weighted by Gasteiger charge is -2.11. The minimum Gasteiger partial charge on any atom is -0.497 e. The minimum atomic E-state index is -1.33. The molecule has 48 heavy (non-hydrogen) atoms. The van der Waals surface area contributed by atoms with Crippen molar-refractivity contribution in [1.82, 2.24) is 29.9 Å². The number of fused-ring (bicyclic) bond motifs is 2. The smallest absolute Gasteiger partial charge is 0.197 e. The number of methoxy groups -OCH3 is 4. The molecule has 252 valence electrons. The molecule has 4 aromatic heterocycles. The number of hydrogen-bond acceptors (Lipinski definition) is 10. The molecule has 2 atom stereocenters. The van der Waals surface area contributed by atoms with E-state index in [0.717, 1.165) is 78.7 Å². The first-order chi connectivity index (χ1) is 23.1. The third-order valence-corrected chi connectivity index (χ3v) is 10.1. The predicted molar refractivity (Wildman–Crippen MR) is 186 cm³/mol. The van der Waals surface area contributed by atoms with Crippen molar-refractivity contribution in [2.75, 3.05) is 28.4 Å². The molecule has 6 aromatic rings. The Hall–Kier alpha value is -4.82. The molecule has 0 aliphatic rings. The lowest BCUT2D eigenvalue weighted by Crippen LogP contribution is -2.05. The van der Waals surface area contributed by atoms with E-state index < -0.39 is 21.6 Å². The van der Waals surface area contributed by atoms with Crippen LogP contribution >= 0.6 is 0 Å². The Balaban J connectivity index is 0.000000188. The van der Waals surface area contributed by atoms with Gasteiger partial charge in [-0.25, -0.2) is 9.97 Å². The standard InChI is InChI=1S/2C17H19N3O3S/c2*1-10-8-18-15(11(2)16(10)23-4)9-24(21)17-19-13-6-5-12(22-3)7-14(13)20-17/h2*5-8H,9H2,1-4H3,(H,19,20). The normalized spacial score (nSPS) is 12.3. The molecule has 2 N–H and O–H groups in total. The number of nitrogens with one attached hydrogen (secondary N) is 2. The van der Waals surface area contributed by atoms with Gasteiger partial charge >= 0.3 is 0 Å². The summed E-state index contributed by atoms with van der Waals surface area (Å²) >= 11 is 0. The van der Waals surface area contributed by atoms with Crippen LogP contribution in [0.1, 0.15) is 33.6 Å². The second kappa shape index (κ2) is 14.9. The van der Waals surface area contributed by atoms with Gasteiger partial charge in [0.25, 0.3) is 0 Å². The second-order valence-electron chi connectivity index (χ2n) is 10.9. The molecule has 0 radical (unpaired) electrons. The van der Waals surface area contributed by atoms with Crippen LogP contribution in [0.2, 0.25) is 0 Å². The number of pyridine rings is 2. The van der Waals surface area contributed by atoms with E-state index in [9.17, 15) is 8.42 Å². The van der Waals surface area contributed by atoms with Gasteiger partial charge in [-0.1, -0.05) is 0 Å². The predicted octanol–water partition coefficient (Wildman–Crippen LogP) is 5.80. The van der Waals surface area contributed by atoms with Gasteiger partial charge in [-0.2, -0.15) is 0 Å². The van der Waals surface area contributed by atoms with Crippen LogP contribution in [-0.4, -0.2) is 66.8 Å². The summed E-state index contributed by atoms with van der Waals surface area (Å²) in [5, 5.41) is 0.859. The molecule has 2 aromatic carbocycles. The van der Waals surface area contributed by atoms with Crippen molar-refractivity contribution >= 4 is 43.7 Å². The largest absolute Gasteiger partial charge is 0.497 e. The van der Waals surface area contributed by atoms with Crippen LogP contribution in [-0.2, 0) is 33.1 Å². The topological polar surface area (TPSA) is 154 Å². The van der Waals surface area contributed by atoms with E-state index in [4.69, 9.17) is 18.9 Å². The van der Waals surface area contributed by atoms with Gasteiger partial charge < -0.3 is 28.9 Å². The third-order valence-electron chi connectivity index (χ3n) is 7.80. The molecular weight excluding hydrogens is 653 g/mol. The first-order valence-corrected chi connectivity index (χ1v) is 17.5. The molecule has 0 amide bonds. The number of rotatable bonds is 10. The van der Waals surface area contributed by atoms with Gasteiger partial charge in [0.1, 0.15) is 23.0 Å². The highest BCUT2D eigenvalue weighted by molar-refractivity contribution is 7.84. The van der Waals surface area contributed by atoms with Crippen LogP contribution in [0.15, 0.2) is 59.1 Å². The number of imidazole rings is 2. The van der Waals surface area contributed by atoms with Gasteiger partial charge in [-0.15, -0.1) is 0 Å². The van der Waals surface area contributed by atoms with Crippen molar-refractivity contribution < 1.29 is 27.4 Å². The zero-order chi connectivity index (χ0) is 34.5. The molecule has 0 aliphatic heterocycles. The summed E-state index contributed by atoms with van der Waals surface area (Å²) in [6.45, 7) is 7.72. The minimum absolute atomic E-state index is 0.277. The molecule has 0 aliphatic carbocycles. The SMILES string of the molecule is COc1ccc2nc(S(=O)Cc3ncc(C)c(OC)c3C)[nH]c2c1.COc1ccc2nc(S(=O)Cc3ncc(C)c(OC)c3C)[nH]c2c1. The fraction of sp³-hybridized carbons (Fsp3) is 0.294. The summed E-state index contributed by atoms with van der Waals surface area (Å²) in [7, 11) is 3.81. The summed E-state index contributed by atoms with van der Waals surface area (Å²) in [6, 6.07) is 11.0. The first kappa shape index (κ1) is 34.5. The fourth-order valence-corrected chi connectivity index (χ4v) is 7.42. The van der Waals surface area contributed by atoms with Crippen molar-refractivity contribution in [2.45, 2.75) is 49.5 Å². The number of hydrogen-bond donors (Lipinski definition) is 2. The molecule has 0 bridgehead atoms. The maximum atomic E-state index is 12.7. The number of aromatic amines is 2. The lowest BCUT2D eigenvalue weighted by molar-refractivity contribution is 0.407. The molecular formula is C34H38N6O6S2. The first-order valence-electron chi connectivity index (χ1n) is 14.9. The number of benzene rings is 2. The van der Waals surface area contributed by atoms with Crippen LogP contribution in [0.25, 0.3) is 22.1 Å². The molecule has 14 heteroatoms. The number of nitrogens with zero attached hydrogens (tertiary/aromatic N) is 4. The fourth-order valence-electron chi connectivity index (χ4n) is 5.22. The zero-order valence-corrected chi connectivity index (χ0v) is 29.7. The Kier molecular flexibility index (Phi) is 10.7. The lowest BCUT2D eigenvalue weighted by atomic mass is 10.1. The highest BCUT2D eigenvalue weighted by Crippen LogP contribution is 2.28. The van der Waals surface area contributed by atoms with E-state index in [1.54, 1.807) is 40.8 Å². The Bertz CT molecular complexity index is 1990. The Morgan fingerprint density at radius 3 is 1.35 bits per heavy atom. The van der Waals surface area contributed by atoms with Crippen molar-refractivity contribution in [3.63, 3.8) is 0 Å². The summed E-state index contributed by atoms with van der Waals surface area (Å²) in [5.41, 5.74) is 8.32. The van der Waals surface area contributed by atoms with Crippen LogP contribution in [0, 0.1) is 27.7 Å². The van der Waals surface area contributed by atoms with E-state index in [0.29, 0.717) is 10.3 Å². The number of ether oxygens (including phenoxy) is 4. The van der Waals surface area contributed by atoms with Gasteiger partial charge in [0.05, 0.1) is 95.0 Å². The van der Waals surface area contributed by atoms with E-state index in [1.807, 2.05) is 64.1 Å². The van der Waals surface area contributed by atoms with Crippen LogP contribution in [0.3, 0.4) is 0 Å². The van der Waals surface area contributed by atoms with Crippen molar-refractivity contribution in [1.29, 1.82) is 0 Å². The van der Waals surface area contributed by atoms with E-state index >= 15 is 0 Å². The molecule has 2 unspecified atom stereocenters. The molecule has 6 rings (SSSR count). The third kappa shape index (κ3) is 7.34. The molecule has 0 saturated carbocycles. The Morgan fingerprint density at radius 1 is 0.604 bits per heavy atom. The van der Waals surface area contributed by atoms with Gasteiger partial charge in [0, 0.05) is 46.8 Å². The molecule has 12 nitrogen and oxygen atoms in total.